The largest absolute Gasteiger partial charge is 0.349 e. The summed E-state index contributed by atoms with van der Waals surface area (Å²) in [6, 6.07) is 11.3. The molecule has 3 heterocycles. The van der Waals surface area contributed by atoms with E-state index in [4.69, 9.17) is 0 Å². The van der Waals surface area contributed by atoms with Gasteiger partial charge in [-0.1, -0.05) is 18.2 Å². The monoisotopic (exact) mass is 310 g/mol. The van der Waals surface area contributed by atoms with Crippen molar-refractivity contribution in [2.24, 2.45) is 0 Å². The second-order valence-electron chi connectivity index (χ2n) is 6.67. The highest BCUT2D eigenvalue weighted by atomic mass is 16.1. The molecule has 5 heteroatoms. The second-order valence-corrected chi connectivity index (χ2v) is 6.67. The minimum Gasteiger partial charge on any atom is -0.349 e. The van der Waals surface area contributed by atoms with Crippen molar-refractivity contribution in [2.45, 2.75) is 50.7 Å². The molecule has 2 aliphatic rings. The zero-order valence-electron chi connectivity index (χ0n) is 13.3. The lowest BCUT2D eigenvalue weighted by Gasteiger charge is -2.29. The van der Waals surface area contributed by atoms with Gasteiger partial charge < -0.3 is 10.6 Å². The number of carbonyl (C=O) groups excluding carboxylic acids is 1. The van der Waals surface area contributed by atoms with Crippen molar-refractivity contribution in [2.75, 3.05) is 0 Å². The normalized spacial score (nSPS) is 26.2. The molecule has 0 spiro atoms. The number of hydrogen-bond acceptors (Lipinski definition) is 3. The first kappa shape index (κ1) is 14.5. The van der Waals surface area contributed by atoms with Crippen molar-refractivity contribution in [3.8, 4) is 5.69 Å². The van der Waals surface area contributed by atoms with Crippen LogP contribution in [-0.2, 0) is 0 Å². The zero-order chi connectivity index (χ0) is 15.8. The van der Waals surface area contributed by atoms with Gasteiger partial charge in [-0.25, -0.2) is 4.68 Å². The number of rotatable bonds is 3. The number of carbonyl (C=O) groups is 1. The van der Waals surface area contributed by atoms with Crippen LogP contribution in [-0.4, -0.2) is 33.8 Å². The number of nitrogens with one attached hydrogen (secondary N) is 2. The molecule has 1 aromatic heterocycles. The number of piperidine rings is 1. The maximum Gasteiger partial charge on any atom is 0.254 e. The molecule has 0 radical (unpaired) electrons. The van der Waals surface area contributed by atoms with E-state index in [2.05, 4.69) is 15.7 Å². The summed E-state index contributed by atoms with van der Waals surface area (Å²) < 4.78 is 1.82. The van der Waals surface area contributed by atoms with E-state index in [9.17, 15) is 4.79 Å². The summed E-state index contributed by atoms with van der Waals surface area (Å²) in [6.45, 7) is 1.95. The third-order valence-electron chi connectivity index (χ3n) is 5.06. The summed E-state index contributed by atoms with van der Waals surface area (Å²) in [7, 11) is 0. The van der Waals surface area contributed by atoms with Gasteiger partial charge in [0, 0.05) is 18.1 Å². The first-order valence-electron chi connectivity index (χ1n) is 8.37. The fourth-order valence-corrected chi connectivity index (χ4v) is 3.90. The Balaban J connectivity index is 1.50. The fourth-order valence-electron chi connectivity index (χ4n) is 3.90. The van der Waals surface area contributed by atoms with E-state index in [1.54, 1.807) is 6.20 Å². The number of nitrogens with zero attached hydrogens (tertiary/aromatic N) is 2. The van der Waals surface area contributed by atoms with Gasteiger partial charge in [-0.2, -0.15) is 5.10 Å². The molecule has 2 aliphatic heterocycles. The fraction of sp³-hybridized carbons (Fsp3) is 0.444. The first-order valence-corrected chi connectivity index (χ1v) is 8.37. The molecule has 2 atom stereocenters. The highest BCUT2D eigenvalue weighted by Gasteiger charge is 2.34. The molecule has 2 saturated heterocycles. The number of hydrogen-bond donors (Lipinski definition) is 2. The minimum absolute atomic E-state index is 0.00372. The lowest BCUT2D eigenvalue weighted by molar-refractivity contribution is 0.0923. The topological polar surface area (TPSA) is 59.0 Å². The third-order valence-corrected chi connectivity index (χ3v) is 5.06. The number of benzene rings is 1. The molecule has 2 N–H and O–H groups in total. The van der Waals surface area contributed by atoms with Crippen molar-refractivity contribution in [1.82, 2.24) is 20.4 Å². The summed E-state index contributed by atoms with van der Waals surface area (Å²) in [4.78, 5) is 12.6. The van der Waals surface area contributed by atoms with Crippen LogP contribution in [0.2, 0.25) is 0 Å². The Morgan fingerprint density at radius 1 is 1.22 bits per heavy atom. The van der Waals surface area contributed by atoms with Gasteiger partial charge in [-0.15, -0.1) is 0 Å². The van der Waals surface area contributed by atoms with Crippen LogP contribution in [0.3, 0.4) is 0 Å². The number of aromatic nitrogens is 2. The summed E-state index contributed by atoms with van der Waals surface area (Å²) in [5.74, 6) is -0.00372. The SMILES string of the molecule is Cc1c(C(=O)NC2CC3CCC(C2)N3)cnn1-c1ccccc1. The maximum absolute atomic E-state index is 12.6. The standard InChI is InChI=1S/C18H22N4O/c1-12-17(11-19-22(12)16-5-3-2-4-6-16)18(23)21-15-9-13-7-8-14(10-15)20-13/h2-6,11,13-15,20H,7-10H2,1H3,(H,21,23). The Morgan fingerprint density at radius 2 is 1.91 bits per heavy atom. The van der Waals surface area contributed by atoms with Crippen molar-refractivity contribution in [1.29, 1.82) is 0 Å². The predicted molar refractivity (Wildman–Crippen MR) is 88.7 cm³/mol. The molecule has 2 bridgehead atoms. The molecule has 1 amide bonds. The minimum atomic E-state index is -0.00372. The number of fused-ring (bicyclic) bond motifs is 2. The van der Waals surface area contributed by atoms with Gasteiger partial charge in [0.15, 0.2) is 0 Å². The molecule has 2 aromatic rings. The van der Waals surface area contributed by atoms with Crippen molar-refractivity contribution < 1.29 is 4.79 Å². The van der Waals surface area contributed by atoms with Crippen LogP contribution in [0.1, 0.15) is 41.7 Å². The Hall–Kier alpha value is -2.14. The highest BCUT2D eigenvalue weighted by molar-refractivity contribution is 5.95. The van der Waals surface area contributed by atoms with Crippen LogP contribution in [0, 0.1) is 6.92 Å². The van der Waals surface area contributed by atoms with E-state index in [1.165, 1.54) is 12.8 Å². The molecule has 2 fully saturated rings. The Labute approximate surface area is 136 Å². The number of amides is 1. The van der Waals surface area contributed by atoms with E-state index in [1.807, 2.05) is 41.9 Å². The maximum atomic E-state index is 12.6. The summed E-state index contributed by atoms with van der Waals surface area (Å²) in [5.41, 5.74) is 2.52. The lowest BCUT2D eigenvalue weighted by Crippen LogP contribution is -2.48. The van der Waals surface area contributed by atoms with Gasteiger partial charge in [-0.05, 0) is 44.7 Å². The van der Waals surface area contributed by atoms with Crippen LogP contribution >= 0.6 is 0 Å². The molecule has 2 unspecified atom stereocenters. The molecule has 23 heavy (non-hydrogen) atoms. The summed E-state index contributed by atoms with van der Waals surface area (Å²) in [6.07, 6.45) is 6.22. The average Bonchev–Trinajstić information content (AvgIpc) is 3.10. The summed E-state index contributed by atoms with van der Waals surface area (Å²) in [5, 5.41) is 11.2. The Morgan fingerprint density at radius 3 is 2.61 bits per heavy atom. The first-order chi connectivity index (χ1) is 11.2. The lowest BCUT2D eigenvalue weighted by atomic mass is 9.99. The van der Waals surface area contributed by atoms with Crippen molar-refractivity contribution in [3.05, 3.63) is 47.8 Å². The molecular formula is C18H22N4O. The van der Waals surface area contributed by atoms with Crippen molar-refractivity contribution >= 4 is 5.91 Å². The second kappa shape index (κ2) is 5.81. The Bertz CT molecular complexity index is 697. The van der Waals surface area contributed by atoms with E-state index in [-0.39, 0.29) is 11.9 Å². The van der Waals surface area contributed by atoms with Gasteiger partial charge in [0.2, 0.25) is 0 Å². The molecule has 1 aromatic carbocycles. The Kier molecular flexibility index (Phi) is 3.65. The molecule has 120 valence electrons. The quantitative estimate of drug-likeness (QED) is 0.913. The van der Waals surface area contributed by atoms with Crippen LogP contribution in [0.15, 0.2) is 36.5 Å². The number of para-hydroxylation sites is 1. The van der Waals surface area contributed by atoms with Crippen LogP contribution in [0.4, 0.5) is 0 Å². The highest BCUT2D eigenvalue weighted by Crippen LogP contribution is 2.27. The van der Waals surface area contributed by atoms with E-state index in [0.717, 1.165) is 24.2 Å². The van der Waals surface area contributed by atoms with E-state index < -0.39 is 0 Å². The van der Waals surface area contributed by atoms with Gasteiger partial charge in [-0.3, -0.25) is 4.79 Å². The third kappa shape index (κ3) is 2.77. The van der Waals surface area contributed by atoms with Crippen LogP contribution < -0.4 is 10.6 Å². The molecule has 0 aliphatic carbocycles. The van der Waals surface area contributed by atoms with Gasteiger partial charge >= 0.3 is 0 Å². The van der Waals surface area contributed by atoms with Crippen molar-refractivity contribution in [3.63, 3.8) is 0 Å². The van der Waals surface area contributed by atoms with Gasteiger partial charge in [0.1, 0.15) is 0 Å². The smallest absolute Gasteiger partial charge is 0.254 e. The van der Waals surface area contributed by atoms with Gasteiger partial charge in [0.25, 0.3) is 5.91 Å². The average molecular weight is 310 g/mol. The summed E-state index contributed by atoms with van der Waals surface area (Å²) >= 11 is 0. The molecule has 5 nitrogen and oxygen atoms in total. The predicted octanol–water partition coefficient (Wildman–Crippen LogP) is 2.19. The van der Waals surface area contributed by atoms with Crippen LogP contribution in [0.5, 0.6) is 0 Å². The molecule has 0 saturated carbocycles. The van der Waals surface area contributed by atoms with E-state index >= 15 is 0 Å². The van der Waals surface area contributed by atoms with Gasteiger partial charge in [0.05, 0.1) is 23.1 Å². The van der Waals surface area contributed by atoms with Crippen LogP contribution in [0.25, 0.3) is 5.69 Å². The van der Waals surface area contributed by atoms with E-state index in [0.29, 0.717) is 17.6 Å². The zero-order valence-corrected chi connectivity index (χ0v) is 13.3. The molecule has 4 rings (SSSR count). The molecular weight excluding hydrogens is 288 g/mol.